The van der Waals surface area contributed by atoms with Crippen LogP contribution in [0.2, 0.25) is 0 Å². The molecule has 0 saturated carbocycles. The second-order valence-electron chi connectivity index (χ2n) is 20.0. The zero-order valence-corrected chi connectivity index (χ0v) is 46.1. The average Bonchev–Trinajstić information content (AvgIpc) is 3.97. The van der Waals surface area contributed by atoms with Gasteiger partial charge in [-0.2, -0.15) is 0 Å². The summed E-state index contributed by atoms with van der Waals surface area (Å²) < 4.78 is 4.59. The number of rotatable bonds is 16. The van der Waals surface area contributed by atoms with Crippen LogP contribution >= 0.6 is 0 Å². The van der Waals surface area contributed by atoms with Gasteiger partial charge in [0.1, 0.15) is 11.6 Å². The Balaban J connectivity index is 1.12. The van der Waals surface area contributed by atoms with Crippen LogP contribution in [0.4, 0.5) is 0 Å². The molecule has 4 heteroatoms. The minimum atomic E-state index is 0.827. The van der Waals surface area contributed by atoms with E-state index in [4.69, 9.17) is 9.97 Å². The maximum Gasteiger partial charge on any atom is 0.145 e. The molecule has 10 aromatic carbocycles. The number of hydrogen-bond acceptors (Lipinski definition) is 2. The van der Waals surface area contributed by atoms with E-state index in [-0.39, 0.29) is 0 Å². The Kier molecular flexibility index (Phi) is 15.1. The van der Waals surface area contributed by atoms with E-state index >= 15 is 0 Å². The Morgan fingerprint density at radius 2 is 0.768 bits per heavy atom. The Bertz CT molecular complexity index is 4350. The molecule has 0 spiro atoms. The Hall–Kier alpha value is -10.7. The van der Waals surface area contributed by atoms with Gasteiger partial charge in [0.05, 0.1) is 22.8 Å². The van der Waals surface area contributed by atoms with Gasteiger partial charge < -0.3 is 0 Å². The maximum absolute atomic E-state index is 5.59. The predicted octanol–water partition coefficient (Wildman–Crippen LogP) is 20.8. The van der Waals surface area contributed by atoms with Crippen molar-refractivity contribution in [3.05, 3.63) is 328 Å². The summed E-state index contributed by atoms with van der Waals surface area (Å²) in [5.74, 6) is 1.66. The molecule has 0 aliphatic heterocycles. The van der Waals surface area contributed by atoms with Crippen LogP contribution in [0, 0.1) is 0 Å². The smallest absolute Gasteiger partial charge is 0.145 e. The molecule has 0 unspecified atom stereocenters. The van der Waals surface area contributed by atoms with Crippen molar-refractivity contribution in [1.29, 1.82) is 0 Å². The molecule has 0 amide bonds. The SMILES string of the molecule is C=C/C=C(\C=C/C)c1nc(-c2ccc(-c3c(-c4ccc(-c5nc(-c6ccccc6)c(/C(C=C)=C/C=C\C)n5-c5ccccc5)cc4)c(-c4ccccc4)c4ccccc4c3-c3ccccc3)cc2)n(-c2ccccc2)c1-c1ccccc1. The quantitative estimate of drug-likeness (QED) is 0.0904. The van der Waals surface area contributed by atoms with E-state index in [9.17, 15) is 0 Å². The molecule has 0 bridgehead atoms. The highest BCUT2D eigenvalue weighted by Gasteiger charge is 2.28. The van der Waals surface area contributed by atoms with Crippen molar-refractivity contribution in [2.75, 3.05) is 0 Å². The highest BCUT2D eigenvalue weighted by molar-refractivity contribution is 6.18. The zero-order valence-electron chi connectivity index (χ0n) is 46.1. The second kappa shape index (κ2) is 23.7. The molecular weight excluding hydrogens is 993 g/mol. The van der Waals surface area contributed by atoms with Crippen LogP contribution in [0.25, 0.3) is 123 Å². The zero-order chi connectivity index (χ0) is 55.8. The second-order valence-corrected chi connectivity index (χ2v) is 20.0. The molecular formula is C78H60N4. The van der Waals surface area contributed by atoms with Gasteiger partial charge in [0.2, 0.25) is 0 Å². The standard InChI is InChI=1S/C78H60N4/c1-5-9-32-55(8-4)75-74(61-37-20-12-21-38-61)80-77(81(75)65-41-24-14-25-42-65)63-51-47-58(48-52-63)71-69(56-33-16-10-17-34-56)67-45-28-29-46-68(67)70(57-35-18-11-19-36-57)72(71)59-49-53-64(54-50-59)78-79-73(60(30-6-2)31-7-3)76(62-39-22-13-23-40-62)82(78)66-43-26-15-27-44-66/h5-54H,2,4H2,1,3H3/b9-5-,31-7-,55-32+,60-30+. The highest BCUT2D eigenvalue weighted by Crippen LogP contribution is 2.52. The summed E-state index contributed by atoms with van der Waals surface area (Å²) >= 11 is 0. The van der Waals surface area contributed by atoms with Gasteiger partial charge in [0.25, 0.3) is 0 Å². The van der Waals surface area contributed by atoms with Crippen LogP contribution in [0.5, 0.6) is 0 Å². The number of benzene rings is 10. The summed E-state index contributed by atoms with van der Waals surface area (Å²) in [6.07, 6.45) is 16.2. The van der Waals surface area contributed by atoms with E-state index in [1.54, 1.807) is 0 Å². The molecule has 12 rings (SSSR count). The van der Waals surface area contributed by atoms with Crippen LogP contribution in [0.3, 0.4) is 0 Å². The Labute approximate surface area is 481 Å². The third-order valence-corrected chi connectivity index (χ3v) is 15.0. The fourth-order valence-electron chi connectivity index (χ4n) is 11.4. The largest absolute Gasteiger partial charge is 0.292 e. The van der Waals surface area contributed by atoms with Gasteiger partial charge in [0.15, 0.2) is 0 Å². The number of allylic oxidation sites excluding steroid dienone is 10. The van der Waals surface area contributed by atoms with Crippen LogP contribution in [-0.4, -0.2) is 19.1 Å². The molecule has 2 heterocycles. The summed E-state index contributed by atoms with van der Waals surface area (Å²) in [7, 11) is 0. The highest BCUT2D eigenvalue weighted by atomic mass is 15.1. The molecule has 392 valence electrons. The first-order valence-electron chi connectivity index (χ1n) is 27.9. The third-order valence-electron chi connectivity index (χ3n) is 15.0. The third kappa shape index (κ3) is 9.95. The lowest BCUT2D eigenvalue weighted by Crippen LogP contribution is -2.02. The first-order valence-corrected chi connectivity index (χ1v) is 27.9. The fraction of sp³-hybridized carbons (Fsp3) is 0.0256. The monoisotopic (exact) mass is 1050 g/mol. The molecule has 4 nitrogen and oxygen atoms in total. The summed E-state index contributed by atoms with van der Waals surface area (Å²) in [6, 6.07) is 90.8. The van der Waals surface area contributed by atoms with Crippen LogP contribution < -0.4 is 0 Å². The number of hydrogen-bond donors (Lipinski definition) is 0. The molecule has 12 aromatic rings. The van der Waals surface area contributed by atoms with E-state index in [1.165, 1.54) is 10.8 Å². The lowest BCUT2D eigenvalue weighted by atomic mass is 9.79. The Morgan fingerprint density at radius 1 is 0.366 bits per heavy atom. The lowest BCUT2D eigenvalue weighted by molar-refractivity contribution is 1.05. The number of para-hydroxylation sites is 2. The molecule has 2 aromatic heterocycles. The van der Waals surface area contributed by atoms with Crippen molar-refractivity contribution in [3.8, 4) is 101 Å². The van der Waals surface area contributed by atoms with Gasteiger partial charge in [-0.25, -0.2) is 9.97 Å². The molecule has 0 aliphatic carbocycles. The lowest BCUT2D eigenvalue weighted by Gasteiger charge is -2.24. The van der Waals surface area contributed by atoms with Gasteiger partial charge in [-0.1, -0.05) is 292 Å². The normalized spacial score (nSPS) is 11.9. The number of nitrogens with zero attached hydrogens (tertiary/aromatic N) is 4. The summed E-state index contributed by atoms with van der Waals surface area (Å²) in [5.41, 5.74) is 20.7. The van der Waals surface area contributed by atoms with Gasteiger partial charge in [-0.3, -0.25) is 9.13 Å². The van der Waals surface area contributed by atoms with Crippen molar-refractivity contribution >= 4 is 21.9 Å². The molecule has 0 fully saturated rings. The molecule has 0 aliphatic rings. The summed E-state index contributed by atoms with van der Waals surface area (Å²) in [5, 5.41) is 2.34. The van der Waals surface area contributed by atoms with Crippen molar-refractivity contribution in [3.63, 3.8) is 0 Å². The van der Waals surface area contributed by atoms with E-state index in [0.717, 1.165) is 124 Å². The van der Waals surface area contributed by atoms with Crippen molar-refractivity contribution in [2.24, 2.45) is 0 Å². The molecule has 0 atom stereocenters. The van der Waals surface area contributed by atoms with Crippen LogP contribution in [-0.2, 0) is 0 Å². The fourth-order valence-corrected chi connectivity index (χ4v) is 11.4. The molecule has 0 radical (unpaired) electrons. The van der Waals surface area contributed by atoms with E-state index < -0.39 is 0 Å². The molecule has 0 N–H and O–H groups in total. The first kappa shape index (κ1) is 52.0. The minimum absolute atomic E-state index is 0.827. The van der Waals surface area contributed by atoms with Gasteiger partial charge >= 0.3 is 0 Å². The van der Waals surface area contributed by atoms with E-state index in [2.05, 4.69) is 295 Å². The van der Waals surface area contributed by atoms with Crippen molar-refractivity contribution < 1.29 is 0 Å². The van der Waals surface area contributed by atoms with Gasteiger partial charge in [0, 0.05) is 44.8 Å². The summed E-state index contributed by atoms with van der Waals surface area (Å²) in [6.45, 7) is 12.5. The maximum atomic E-state index is 5.59. The van der Waals surface area contributed by atoms with Crippen LogP contribution in [0.15, 0.2) is 317 Å². The average molecular weight is 1050 g/mol. The predicted molar refractivity (Wildman–Crippen MR) is 348 cm³/mol. The first-order chi connectivity index (χ1) is 40.6. The minimum Gasteiger partial charge on any atom is -0.292 e. The van der Waals surface area contributed by atoms with E-state index in [1.807, 2.05) is 44.2 Å². The topological polar surface area (TPSA) is 35.6 Å². The number of imidazole rings is 2. The van der Waals surface area contributed by atoms with Gasteiger partial charge in [-0.15, -0.1) is 0 Å². The Morgan fingerprint density at radius 3 is 1.22 bits per heavy atom. The van der Waals surface area contributed by atoms with E-state index in [0.29, 0.717) is 0 Å². The molecule has 82 heavy (non-hydrogen) atoms. The molecule has 0 saturated heterocycles. The number of fused-ring (bicyclic) bond motifs is 1. The van der Waals surface area contributed by atoms with Crippen LogP contribution in [0.1, 0.15) is 25.2 Å². The van der Waals surface area contributed by atoms with Gasteiger partial charge in [-0.05, 0) is 93.4 Å². The number of aromatic nitrogens is 4. The summed E-state index contributed by atoms with van der Waals surface area (Å²) in [4.78, 5) is 11.2. The van der Waals surface area contributed by atoms with Crippen molar-refractivity contribution in [1.82, 2.24) is 19.1 Å². The van der Waals surface area contributed by atoms with Crippen molar-refractivity contribution in [2.45, 2.75) is 13.8 Å².